The molecular weight excluding hydrogens is 256 g/mol. The largest absolute Gasteiger partial charge is 0.508 e. The summed E-state index contributed by atoms with van der Waals surface area (Å²) in [6.45, 7) is 1.63. The van der Waals surface area contributed by atoms with Gasteiger partial charge in [-0.2, -0.15) is 0 Å². The summed E-state index contributed by atoms with van der Waals surface area (Å²) in [6.07, 6.45) is 0. The van der Waals surface area contributed by atoms with E-state index < -0.39 is 11.9 Å². The third-order valence-corrected chi connectivity index (χ3v) is 3.26. The molecule has 0 saturated carbocycles. The third kappa shape index (κ3) is 2.59. The molecule has 2 N–H and O–H groups in total. The zero-order valence-electron chi connectivity index (χ0n) is 11.3. The number of phenolic OH excluding ortho intramolecular Hbond substituents is 1. The number of carbonyl (C=O) groups is 1. The molecule has 2 aromatic carbocycles. The predicted octanol–water partition coefficient (Wildman–Crippen LogP) is 3.26. The normalized spacial score (nSPS) is 11.9. The molecule has 20 heavy (non-hydrogen) atoms. The Morgan fingerprint density at radius 2 is 1.80 bits per heavy atom. The first kappa shape index (κ1) is 13.9. The Morgan fingerprint density at radius 1 is 1.15 bits per heavy atom. The highest BCUT2D eigenvalue weighted by atomic mass is 16.5. The van der Waals surface area contributed by atoms with Gasteiger partial charge in [-0.05, 0) is 24.6 Å². The van der Waals surface area contributed by atoms with Crippen molar-refractivity contribution in [3.63, 3.8) is 0 Å². The molecule has 0 saturated heterocycles. The average molecular weight is 272 g/mol. The van der Waals surface area contributed by atoms with E-state index in [2.05, 4.69) is 0 Å². The lowest BCUT2D eigenvalue weighted by atomic mass is 9.94. The van der Waals surface area contributed by atoms with Crippen molar-refractivity contribution in [2.45, 2.75) is 12.8 Å². The number of para-hydroxylation sites is 1. The minimum atomic E-state index is -0.897. The van der Waals surface area contributed by atoms with Crippen LogP contribution in [0.2, 0.25) is 0 Å². The van der Waals surface area contributed by atoms with Gasteiger partial charge in [0.2, 0.25) is 0 Å². The number of aromatic hydroxyl groups is 1. The highest BCUT2D eigenvalue weighted by Gasteiger charge is 2.20. The first-order chi connectivity index (χ1) is 9.54. The Bertz CT molecular complexity index is 617. The Balaban J connectivity index is 2.57. The lowest BCUT2D eigenvalue weighted by Gasteiger charge is -2.16. The van der Waals surface area contributed by atoms with Crippen LogP contribution in [-0.4, -0.2) is 23.3 Å². The summed E-state index contributed by atoms with van der Waals surface area (Å²) in [5.74, 6) is -0.816. The fraction of sp³-hybridized carbons (Fsp3) is 0.188. The summed E-state index contributed by atoms with van der Waals surface area (Å²) in [6, 6.07) is 12.1. The third-order valence-electron chi connectivity index (χ3n) is 3.26. The number of benzene rings is 2. The molecule has 1 unspecified atom stereocenters. The van der Waals surface area contributed by atoms with Gasteiger partial charge in [0.15, 0.2) is 0 Å². The molecule has 0 bridgehead atoms. The van der Waals surface area contributed by atoms with E-state index in [-0.39, 0.29) is 5.75 Å². The molecule has 0 heterocycles. The molecule has 0 radical (unpaired) electrons. The maximum Gasteiger partial charge on any atom is 0.310 e. The molecule has 4 heteroatoms. The molecule has 0 amide bonds. The standard InChI is InChI=1S/C16H16O4/c1-10(16(18)19)13-4-3-5-14(15(13)20-2)11-6-8-12(17)9-7-11/h3-10,17H,1-2H3,(H,18,19). The molecular formula is C16H16O4. The van der Waals surface area contributed by atoms with Crippen molar-refractivity contribution in [2.24, 2.45) is 0 Å². The topological polar surface area (TPSA) is 66.8 Å². The van der Waals surface area contributed by atoms with Crippen LogP contribution >= 0.6 is 0 Å². The second-order valence-electron chi connectivity index (χ2n) is 4.53. The van der Waals surface area contributed by atoms with Gasteiger partial charge < -0.3 is 14.9 Å². The maximum absolute atomic E-state index is 11.2. The molecule has 0 fully saturated rings. The van der Waals surface area contributed by atoms with Gasteiger partial charge in [-0.15, -0.1) is 0 Å². The number of rotatable bonds is 4. The lowest BCUT2D eigenvalue weighted by Crippen LogP contribution is -2.09. The van der Waals surface area contributed by atoms with Crippen LogP contribution in [0.15, 0.2) is 42.5 Å². The van der Waals surface area contributed by atoms with Gasteiger partial charge in [0.05, 0.1) is 13.0 Å². The van der Waals surface area contributed by atoms with Crippen molar-refractivity contribution in [1.82, 2.24) is 0 Å². The lowest BCUT2D eigenvalue weighted by molar-refractivity contribution is -0.138. The van der Waals surface area contributed by atoms with Gasteiger partial charge in [0.25, 0.3) is 0 Å². The smallest absolute Gasteiger partial charge is 0.310 e. The van der Waals surface area contributed by atoms with E-state index in [0.717, 1.165) is 11.1 Å². The highest BCUT2D eigenvalue weighted by Crippen LogP contribution is 2.37. The van der Waals surface area contributed by atoms with E-state index in [0.29, 0.717) is 11.3 Å². The zero-order chi connectivity index (χ0) is 14.7. The van der Waals surface area contributed by atoms with Gasteiger partial charge >= 0.3 is 5.97 Å². The van der Waals surface area contributed by atoms with Crippen LogP contribution in [-0.2, 0) is 4.79 Å². The first-order valence-electron chi connectivity index (χ1n) is 6.23. The predicted molar refractivity (Wildman–Crippen MR) is 76.1 cm³/mol. The maximum atomic E-state index is 11.2. The van der Waals surface area contributed by atoms with E-state index >= 15 is 0 Å². The molecule has 104 valence electrons. The van der Waals surface area contributed by atoms with Crippen LogP contribution in [0.25, 0.3) is 11.1 Å². The Kier molecular flexibility index (Phi) is 3.94. The highest BCUT2D eigenvalue weighted by molar-refractivity contribution is 5.80. The number of hydrogen-bond acceptors (Lipinski definition) is 3. The van der Waals surface area contributed by atoms with Crippen LogP contribution in [0.5, 0.6) is 11.5 Å². The molecule has 2 aromatic rings. The van der Waals surface area contributed by atoms with Gasteiger partial charge in [-0.1, -0.05) is 30.3 Å². The molecule has 0 aliphatic heterocycles. The van der Waals surface area contributed by atoms with E-state index in [1.165, 1.54) is 7.11 Å². The minimum Gasteiger partial charge on any atom is -0.508 e. The second-order valence-corrected chi connectivity index (χ2v) is 4.53. The molecule has 1 atom stereocenters. The molecule has 0 aliphatic carbocycles. The van der Waals surface area contributed by atoms with Crippen LogP contribution in [0.3, 0.4) is 0 Å². The number of carboxylic acids is 1. The van der Waals surface area contributed by atoms with Crippen molar-refractivity contribution in [2.75, 3.05) is 7.11 Å². The number of carboxylic acid groups (broad SMARTS) is 1. The summed E-state index contributed by atoms with van der Waals surface area (Å²) in [5.41, 5.74) is 2.29. The molecule has 2 rings (SSSR count). The van der Waals surface area contributed by atoms with Gasteiger partial charge in [-0.3, -0.25) is 4.79 Å². The van der Waals surface area contributed by atoms with E-state index in [4.69, 9.17) is 9.84 Å². The number of hydrogen-bond donors (Lipinski definition) is 2. The van der Waals surface area contributed by atoms with E-state index in [9.17, 15) is 9.90 Å². The average Bonchev–Trinajstić information content (AvgIpc) is 2.46. The van der Waals surface area contributed by atoms with Crippen molar-refractivity contribution in [3.8, 4) is 22.6 Å². The summed E-state index contributed by atoms with van der Waals surface area (Å²) < 4.78 is 5.41. The fourth-order valence-corrected chi connectivity index (χ4v) is 2.13. The number of methoxy groups -OCH3 is 1. The molecule has 4 nitrogen and oxygen atoms in total. The van der Waals surface area contributed by atoms with Crippen LogP contribution in [0, 0.1) is 0 Å². The van der Waals surface area contributed by atoms with Crippen molar-refractivity contribution >= 4 is 5.97 Å². The first-order valence-corrected chi connectivity index (χ1v) is 6.23. The van der Waals surface area contributed by atoms with Gasteiger partial charge in [-0.25, -0.2) is 0 Å². The summed E-state index contributed by atoms with van der Waals surface area (Å²) in [5, 5.41) is 18.5. The fourth-order valence-electron chi connectivity index (χ4n) is 2.13. The van der Waals surface area contributed by atoms with Crippen molar-refractivity contribution in [1.29, 1.82) is 0 Å². The summed E-state index contributed by atoms with van der Waals surface area (Å²) >= 11 is 0. The number of ether oxygens (including phenoxy) is 1. The van der Waals surface area contributed by atoms with Crippen molar-refractivity contribution < 1.29 is 19.7 Å². The monoisotopic (exact) mass is 272 g/mol. The van der Waals surface area contributed by atoms with Gasteiger partial charge in [0, 0.05) is 11.1 Å². The summed E-state index contributed by atoms with van der Waals surface area (Å²) in [4.78, 5) is 11.2. The van der Waals surface area contributed by atoms with Crippen LogP contribution in [0.1, 0.15) is 18.4 Å². The molecule has 0 spiro atoms. The Labute approximate surface area is 117 Å². The molecule has 0 aliphatic rings. The number of aliphatic carboxylic acids is 1. The molecule has 0 aromatic heterocycles. The van der Waals surface area contributed by atoms with Crippen LogP contribution in [0.4, 0.5) is 0 Å². The minimum absolute atomic E-state index is 0.183. The second kappa shape index (κ2) is 5.65. The van der Waals surface area contributed by atoms with Crippen molar-refractivity contribution in [3.05, 3.63) is 48.0 Å². The SMILES string of the molecule is COc1c(-c2ccc(O)cc2)cccc1C(C)C(=O)O. The van der Waals surface area contributed by atoms with E-state index in [1.54, 1.807) is 43.3 Å². The van der Waals surface area contributed by atoms with E-state index in [1.807, 2.05) is 6.07 Å². The quantitative estimate of drug-likeness (QED) is 0.896. The van der Waals surface area contributed by atoms with Crippen LogP contribution < -0.4 is 4.74 Å². The van der Waals surface area contributed by atoms with Gasteiger partial charge in [0.1, 0.15) is 11.5 Å². The number of phenols is 1. The Morgan fingerprint density at radius 3 is 2.35 bits per heavy atom. The summed E-state index contributed by atoms with van der Waals surface area (Å²) in [7, 11) is 1.53. The zero-order valence-corrected chi connectivity index (χ0v) is 11.3. The Hall–Kier alpha value is -2.49.